The summed E-state index contributed by atoms with van der Waals surface area (Å²) in [6.07, 6.45) is 2.80. The van der Waals surface area contributed by atoms with Crippen molar-refractivity contribution in [2.24, 2.45) is 0 Å². The minimum absolute atomic E-state index is 0.0301. The Hall–Kier alpha value is -2.44. The molecule has 2 N–H and O–H groups in total. The Labute approximate surface area is 151 Å². The fourth-order valence-corrected chi connectivity index (χ4v) is 3.47. The normalized spacial score (nSPS) is 10.8. The molecule has 1 amide bonds. The number of amides is 1. The number of anilines is 2. The molecule has 0 spiro atoms. The van der Waals surface area contributed by atoms with Gasteiger partial charge in [0.1, 0.15) is 0 Å². The minimum atomic E-state index is -0.0301. The molecule has 0 atom stereocenters. The highest BCUT2D eigenvalue weighted by molar-refractivity contribution is 7.17. The molecule has 25 heavy (non-hydrogen) atoms. The zero-order valence-corrected chi connectivity index (χ0v) is 14.9. The first kappa shape index (κ1) is 17.4. The van der Waals surface area contributed by atoms with Crippen LogP contribution in [0.3, 0.4) is 0 Å². The van der Waals surface area contributed by atoms with E-state index in [0.717, 1.165) is 21.5 Å². The number of nitrogens with one attached hydrogen (secondary N) is 2. The number of carbonyl (C=O) groups excluding carboxylic acids is 1. The van der Waals surface area contributed by atoms with Crippen LogP contribution < -0.4 is 10.6 Å². The number of aromatic nitrogens is 1. The van der Waals surface area contributed by atoms with Gasteiger partial charge < -0.3 is 15.4 Å². The number of ether oxygens (including phenoxy) is 1. The lowest BCUT2D eigenvalue weighted by molar-refractivity contribution is -0.116. The summed E-state index contributed by atoms with van der Waals surface area (Å²) in [5.41, 5.74) is 3.70. The van der Waals surface area contributed by atoms with Crippen LogP contribution in [0.2, 0.25) is 0 Å². The first-order chi connectivity index (χ1) is 12.3. The van der Waals surface area contributed by atoms with Gasteiger partial charge in [0.2, 0.25) is 5.91 Å². The quantitative estimate of drug-likeness (QED) is 0.592. The molecule has 3 aromatic rings. The van der Waals surface area contributed by atoms with Crippen LogP contribution >= 0.6 is 11.3 Å². The second kappa shape index (κ2) is 8.60. The predicted molar refractivity (Wildman–Crippen MR) is 103 cm³/mol. The van der Waals surface area contributed by atoms with Crippen LogP contribution in [0.1, 0.15) is 18.4 Å². The maximum absolute atomic E-state index is 12.2. The molecule has 0 saturated carbocycles. The van der Waals surface area contributed by atoms with Gasteiger partial charge in [-0.3, -0.25) is 9.78 Å². The molecule has 0 bridgehead atoms. The van der Waals surface area contributed by atoms with Crippen LogP contribution in [0.15, 0.2) is 48.0 Å². The van der Waals surface area contributed by atoms with E-state index in [1.165, 1.54) is 0 Å². The molecule has 1 aromatic carbocycles. The van der Waals surface area contributed by atoms with Gasteiger partial charge >= 0.3 is 0 Å². The smallest absolute Gasteiger partial charge is 0.224 e. The summed E-state index contributed by atoms with van der Waals surface area (Å²) < 4.78 is 6.66. The number of thiophene rings is 1. The van der Waals surface area contributed by atoms with Gasteiger partial charge in [0.25, 0.3) is 0 Å². The van der Waals surface area contributed by atoms with Crippen molar-refractivity contribution in [2.75, 3.05) is 24.3 Å². The van der Waals surface area contributed by atoms with Crippen molar-refractivity contribution < 1.29 is 9.53 Å². The fraction of sp³-hybridized carbons (Fsp3) is 0.263. The third-order valence-electron chi connectivity index (χ3n) is 3.80. The van der Waals surface area contributed by atoms with Crippen LogP contribution in [0.4, 0.5) is 11.4 Å². The van der Waals surface area contributed by atoms with Gasteiger partial charge in [-0.25, -0.2) is 0 Å². The van der Waals surface area contributed by atoms with E-state index in [9.17, 15) is 4.79 Å². The van der Waals surface area contributed by atoms with Gasteiger partial charge in [-0.15, -0.1) is 11.3 Å². The van der Waals surface area contributed by atoms with E-state index < -0.39 is 0 Å². The second-order valence-corrected chi connectivity index (χ2v) is 6.54. The van der Waals surface area contributed by atoms with Crippen molar-refractivity contribution in [3.63, 3.8) is 0 Å². The zero-order chi connectivity index (χ0) is 17.5. The summed E-state index contributed by atoms with van der Waals surface area (Å²) >= 11 is 1.61. The van der Waals surface area contributed by atoms with E-state index in [1.54, 1.807) is 17.5 Å². The maximum atomic E-state index is 12.2. The molecule has 5 nitrogen and oxygen atoms in total. The molecule has 0 fully saturated rings. The van der Waals surface area contributed by atoms with Gasteiger partial charge in [0.15, 0.2) is 0 Å². The number of carbonyl (C=O) groups is 1. The molecule has 0 aliphatic rings. The van der Waals surface area contributed by atoms with Crippen LogP contribution in [0.25, 0.3) is 10.2 Å². The SMILES string of the molecule is CNc1c(NC(=O)CCCOCc2ccccc2)cnc2ccsc12. The Bertz CT molecular complexity index is 833. The highest BCUT2D eigenvalue weighted by atomic mass is 32.1. The molecular formula is C19H21N3O2S. The molecule has 2 heterocycles. The van der Waals surface area contributed by atoms with E-state index in [4.69, 9.17) is 4.74 Å². The van der Waals surface area contributed by atoms with Crippen molar-refractivity contribution in [2.45, 2.75) is 19.4 Å². The Morgan fingerprint density at radius 3 is 2.88 bits per heavy atom. The number of fused-ring (bicyclic) bond motifs is 1. The van der Waals surface area contributed by atoms with Crippen molar-refractivity contribution in [1.29, 1.82) is 0 Å². The minimum Gasteiger partial charge on any atom is -0.385 e. The van der Waals surface area contributed by atoms with Gasteiger partial charge in [0.05, 0.1) is 34.4 Å². The average Bonchev–Trinajstić information content (AvgIpc) is 3.11. The third-order valence-corrected chi connectivity index (χ3v) is 4.72. The third kappa shape index (κ3) is 4.55. The van der Waals surface area contributed by atoms with Gasteiger partial charge in [0, 0.05) is 20.1 Å². The summed E-state index contributed by atoms with van der Waals surface area (Å²) in [5, 5.41) is 8.09. The standard InChI is InChI=1S/C19H21N3O2S/c1-20-18-16(12-21-15-9-11-25-19(15)18)22-17(23)8-5-10-24-13-14-6-3-2-4-7-14/h2-4,6-7,9,11-12H,5,8,10,13H2,1H3,(H,20,21)(H,22,23). The van der Waals surface area contributed by atoms with Crippen molar-refractivity contribution in [3.8, 4) is 0 Å². The summed E-state index contributed by atoms with van der Waals surface area (Å²) in [6, 6.07) is 12.0. The maximum Gasteiger partial charge on any atom is 0.224 e. The monoisotopic (exact) mass is 355 g/mol. The molecule has 0 aliphatic carbocycles. The highest BCUT2D eigenvalue weighted by Gasteiger charge is 2.11. The second-order valence-electron chi connectivity index (χ2n) is 5.62. The molecule has 3 rings (SSSR count). The molecular weight excluding hydrogens is 334 g/mol. The largest absolute Gasteiger partial charge is 0.385 e. The number of rotatable bonds is 8. The molecule has 6 heteroatoms. The lowest BCUT2D eigenvalue weighted by atomic mass is 10.2. The Kier molecular flexibility index (Phi) is 5.98. The molecule has 0 aliphatic heterocycles. The lowest BCUT2D eigenvalue weighted by Gasteiger charge is -2.11. The summed E-state index contributed by atoms with van der Waals surface area (Å²) in [5.74, 6) is -0.0301. The molecule has 0 unspecified atom stereocenters. The Morgan fingerprint density at radius 2 is 2.08 bits per heavy atom. The van der Waals surface area contributed by atoms with Crippen molar-refractivity contribution >= 4 is 38.8 Å². The Morgan fingerprint density at radius 1 is 1.24 bits per heavy atom. The van der Waals surface area contributed by atoms with E-state index in [2.05, 4.69) is 15.6 Å². The number of hydrogen-bond acceptors (Lipinski definition) is 5. The van der Waals surface area contributed by atoms with Gasteiger partial charge in [-0.2, -0.15) is 0 Å². The molecule has 130 valence electrons. The van der Waals surface area contributed by atoms with Crippen LogP contribution in [-0.4, -0.2) is 24.5 Å². The number of pyridine rings is 1. The molecule has 0 saturated heterocycles. The van der Waals surface area contributed by atoms with Gasteiger partial charge in [-0.05, 0) is 23.4 Å². The summed E-state index contributed by atoms with van der Waals surface area (Å²) in [6.45, 7) is 1.13. The predicted octanol–water partition coefficient (Wildman–Crippen LogP) is 4.27. The topological polar surface area (TPSA) is 63.2 Å². The van der Waals surface area contributed by atoms with E-state index >= 15 is 0 Å². The lowest BCUT2D eigenvalue weighted by Crippen LogP contribution is -2.13. The van der Waals surface area contributed by atoms with Crippen molar-refractivity contribution in [1.82, 2.24) is 4.98 Å². The van der Waals surface area contributed by atoms with E-state index in [0.29, 0.717) is 31.7 Å². The number of hydrogen-bond donors (Lipinski definition) is 2. The van der Waals surface area contributed by atoms with Gasteiger partial charge in [-0.1, -0.05) is 30.3 Å². The average molecular weight is 355 g/mol. The number of nitrogens with zero attached hydrogens (tertiary/aromatic N) is 1. The van der Waals surface area contributed by atoms with Crippen LogP contribution in [0, 0.1) is 0 Å². The molecule has 0 radical (unpaired) electrons. The number of benzene rings is 1. The first-order valence-electron chi connectivity index (χ1n) is 8.23. The fourth-order valence-electron chi connectivity index (χ4n) is 2.57. The molecule has 2 aromatic heterocycles. The van der Waals surface area contributed by atoms with Crippen molar-refractivity contribution in [3.05, 3.63) is 53.5 Å². The van der Waals surface area contributed by atoms with E-state index in [-0.39, 0.29) is 5.91 Å². The highest BCUT2D eigenvalue weighted by Crippen LogP contribution is 2.33. The summed E-state index contributed by atoms with van der Waals surface area (Å²) in [4.78, 5) is 16.5. The van der Waals surface area contributed by atoms with Crippen LogP contribution in [-0.2, 0) is 16.1 Å². The summed E-state index contributed by atoms with van der Waals surface area (Å²) in [7, 11) is 1.85. The first-order valence-corrected chi connectivity index (χ1v) is 9.11. The van der Waals surface area contributed by atoms with E-state index in [1.807, 2.05) is 48.8 Å². The zero-order valence-electron chi connectivity index (χ0n) is 14.1. The Balaban J connectivity index is 1.46. The van der Waals surface area contributed by atoms with Crippen LogP contribution in [0.5, 0.6) is 0 Å².